The van der Waals surface area contributed by atoms with Crippen molar-refractivity contribution in [2.75, 3.05) is 25.0 Å². The Labute approximate surface area is 164 Å². The van der Waals surface area contributed by atoms with E-state index in [1.165, 1.54) is 16.4 Å². The van der Waals surface area contributed by atoms with E-state index in [2.05, 4.69) is 5.32 Å². The second-order valence-corrected chi connectivity index (χ2v) is 8.75. The monoisotopic (exact) mass is 408 g/mol. The number of halogens is 1. The maximum absolute atomic E-state index is 12.6. The first kappa shape index (κ1) is 19.7. The number of hydrogen-bond donors (Lipinski definition) is 1. The maximum atomic E-state index is 12.6. The topological polar surface area (TPSA) is 75.7 Å². The van der Waals surface area contributed by atoms with Gasteiger partial charge in [0.05, 0.1) is 9.92 Å². The van der Waals surface area contributed by atoms with Crippen LogP contribution < -0.4 is 10.1 Å². The van der Waals surface area contributed by atoms with Crippen molar-refractivity contribution >= 4 is 33.2 Å². The van der Waals surface area contributed by atoms with Crippen LogP contribution in [0.5, 0.6) is 5.75 Å². The van der Waals surface area contributed by atoms with Gasteiger partial charge < -0.3 is 10.1 Å². The van der Waals surface area contributed by atoms with E-state index < -0.39 is 15.9 Å². The fourth-order valence-corrected chi connectivity index (χ4v) is 4.61. The molecule has 1 saturated heterocycles. The Morgan fingerprint density at radius 2 is 1.93 bits per heavy atom. The van der Waals surface area contributed by atoms with Gasteiger partial charge in [0.25, 0.3) is 5.91 Å². The van der Waals surface area contributed by atoms with E-state index >= 15 is 0 Å². The average Bonchev–Trinajstić information content (AvgIpc) is 3.18. The number of anilines is 1. The summed E-state index contributed by atoms with van der Waals surface area (Å²) in [4.78, 5) is 12.3. The number of amides is 1. The van der Waals surface area contributed by atoms with Crippen LogP contribution in [0.4, 0.5) is 5.69 Å². The molecule has 1 aliphatic rings. The summed E-state index contributed by atoms with van der Waals surface area (Å²) in [7, 11) is -3.53. The molecular formula is C19H21ClN2O4S. The Kier molecular flexibility index (Phi) is 6.04. The number of benzene rings is 2. The third-order valence-corrected chi connectivity index (χ3v) is 6.47. The van der Waals surface area contributed by atoms with Crippen LogP contribution >= 0.6 is 11.6 Å². The Hall–Kier alpha value is -2.09. The lowest BCUT2D eigenvalue weighted by atomic mass is 10.2. The van der Waals surface area contributed by atoms with E-state index in [9.17, 15) is 13.2 Å². The van der Waals surface area contributed by atoms with Crippen molar-refractivity contribution in [2.45, 2.75) is 24.7 Å². The van der Waals surface area contributed by atoms with Crippen LogP contribution in [0.3, 0.4) is 0 Å². The Balaban J connectivity index is 1.65. The number of aryl methyl sites for hydroxylation is 1. The molecule has 2 aromatic carbocycles. The van der Waals surface area contributed by atoms with E-state index in [1.807, 2.05) is 13.0 Å². The molecule has 0 spiro atoms. The third-order valence-electron chi connectivity index (χ3n) is 4.27. The van der Waals surface area contributed by atoms with Crippen molar-refractivity contribution in [3.05, 3.63) is 53.1 Å². The number of sulfonamides is 1. The molecule has 1 N–H and O–H groups in total. The van der Waals surface area contributed by atoms with Crippen LogP contribution in [0.1, 0.15) is 18.4 Å². The summed E-state index contributed by atoms with van der Waals surface area (Å²) < 4.78 is 32.2. The molecule has 27 heavy (non-hydrogen) atoms. The zero-order chi connectivity index (χ0) is 19.4. The van der Waals surface area contributed by atoms with Crippen LogP contribution in [0, 0.1) is 6.92 Å². The Morgan fingerprint density at radius 3 is 2.67 bits per heavy atom. The molecule has 0 unspecified atom stereocenters. The molecule has 0 atom stereocenters. The second-order valence-electron chi connectivity index (χ2n) is 6.41. The molecule has 6 nitrogen and oxygen atoms in total. The summed E-state index contributed by atoms with van der Waals surface area (Å²) in [5.74, 6) is 0.0282. The fourth-order valence-electron chi connectivity index (χ4n) is 2.87. The lowest BCUT2D eigenvalue weighted by molar-refractivity contribution is -0.118. The molecular weight excluding hydrogens is 388 g/mol. The van der Waals surface area contributed by atoms with Gasteiger partial charge in [0, 0.05) is 18.8 Å². The Morgan fingerprint density at radius 1 is 1.19 bits per heavy atom. The minimum atomic E-state index is -3.53. The molecule has 1 fully saturated rings. The SMILES string of the molecule is Cc1ccc(Cl)c(OCC(=O)Nc2cccc(S(=O)(=O)N3CCCC3)c2)c1. The number of nitrogens with zero attached hydrogens (tertiary/aromatic N) is 1. The van der Waals surface area contributed by atoms with Gasteiger partial charge in [-0.3, -0.25) is 4.79 Å². The van der Waals surface area contributed by atoms with E-state index in [0.717, 1.165) is 18.4 Å². The number of hydrogen-bond acceptors (Lipinski definition) is 4. The first-order valence-electron chi connectivity index (χ1n) is 8.65. The second kappa shape index (κ2) is 8.29. The molecule has 1 heterocycles. The number of carbonyl (C=O) groups is 1. The predicted molar refractivity (Wildman–Crippen MR) is 105 cm³/mol. The molecule has 0 bridgehead atoms. The van der Waals surface area contributed by atoms with Gasteiger partial charge in [-0.25, -0.2) is 8.42 Å². The lowest BCUT2D eigenvalue weighted by Crippen LogP contribution is -2.28. The molecule has 0 saturated carbocycles. The van der Waals surface area contributed by atoms with Gasteiger partial charge in [0.15, 0.2) is 6.61 Å². The third kappa shape index (κ3) is 4.80. The van der Waals surface area contributed by atoms with E-state index in [4.69, 9.17) is 16.3 Å². The Bertz CT molecular complexity index is 940. The largest absolute Gasteiger partial charge is 0.482 e. The molecule has 8 heteroatoms. The zero-order valence-electron chi connectivity index (χ0n) is 14.9. The summed E-state index contributed by atoms with van der Waals surface area (Å²) >= 11 is 6.04. The summed E-state index contributed by atoms with van der Waals surface area (Å²) in [6, 6.07) is 11.5. The van der Waals surface area contributed by atoms with Crippen molar-refractivity contribution in [1.29, 1.82) is 0 Å². The first-order chi connectivity index (χ1) is 12.9. The summed E-state index contributed by atoms with van der Waals surface area (Å²) in [5, 5.41) is 3.08. The maximum Gasteiger partial charge on any atom is 0.262 e. The summed E-state index contributed by atoms with van der Waals surface area (Å²) in [6.07, 6.45) is 1.74. The van der Waals surface area contributed by atoms with Gasteiger partial charge in [-0.15, -0.1) is 0 Å². The van der Waals surface area contributed by atoms with Crippen LogP contribution in [0.25, 0.3) is 0 Å². The molecule has 2 aromatic rings. The molecule has 144 valence electrons. The van der Waals surface area contributed by atoms with Gasteiger partial charge in [0.1, 0.15) is 5.75 Å². The smallest absolute Gasteiger partial charge is 0.262 e. The number of ether oxygens (including phenoxy) is 1. The minimum absolute atomic E-state index is 0.171. The average molecular weight is 409 g/mol. The van der Waals surface area contributed by atoms with Crippen molar-refractivity contribution in [2.24, 2.45) is 0 Å². The normalized spacial score (nSPS) is 14.9. The van der Waals surface area contributed by atoms with E-state index in [1.54, 1.807) is 24.3 Å². The minimum Gasteiger partial charge on any atom is -0.482 e. The molecule has 3 rings (SSSR count). The highest BCUT2D eigenvalue weighted by Crippen LogP contribution is 2.25. The van der Waals surface area contributed by atoms with Gasteiger partial charge in [-0.1, -0.05) is 23.7 Å². The standard InChI is InChI=1S/C19H21ClN2O4S/c1-14-7-8-17(20)18(11-14)26-13-19(23)21-15-5-4-6-16(12-15)27(24,25)22-9-2-3-10-22/h4-8,11-12H,2-3,9-10,13H2,1H3,(H,21,23). The van der Waals surface area contributed by atoms with Crippen molar-refractivity contribution in [3.8, 4) is 5.75 Å². The van der Waals surface area contributed by atoms with Gasteiger partial charge >= 0.3 is 0 Å². The summed E-state index contributed by atoms with van der Waals surface area (Å²) in [6.45, 7) is 2.73. The number of rotatable bonds is 6. The first-order valence-corrected chi connectivity index (χ1v) is 10.5. The molecule has 1 amide bonds. The highest BCUT2D eigenvalue weighted by atomic mass is 35.5. The number of carbonyl (C=O) groups excluding carboxylic acids is 1. The van der Waals surface area contributed by atoms with Crippen molar-refractivity contribution in [1.82, 2.24) is 4.31 Å². The van der Waals surface area contributed by atoms with Gasteiger partial charge in [-0.2, -0.15) is 4.31 Å². The van der Waals surface area contributed by atoms with Gasteiger partial charge in [-0.05, 0) is 55.7 Å². The van der Waals surface area contributed by atoms with Crippen molar-refractivity contribution in [3.63, 3.8) is 0 Å². The van der Waals surface area contributed by atoms with Crippen LogP contribution in [-0.2, 0) is 14.8 Å². The molecule has 1 aliphatic heterocycles. The highest BCUT2D eigenvalue weighted by molar-refractivity contribution is 7.89. The fraction of sp³-hybridized carbons (Fsp3) is 0.316. The van der Waals surface area contributed by atoms with Crippen LogP contribution in [0.15, 0.2) is 47.4 Å². The van der Waals surface area contributed by atoms with Crippen LogP contribution in [0.2, 0.25) is 5.02 Å². The molecule has 0 radical (unpaired) electrons. The lowest BCUT2D eigenvalue weighted by Gasteiger charge is -2.16. The molecule has 0 aromatic heterocycles. The summed E-state index contributed by atoms with van der Waals surface area (Å²) in [5.41, 5.74) is 1.37. The quantitative estimate of drug-likeness (QED) is 0.794. The zero-order valence-corrected chi connectivity index (χ0v) is 16.5. The molecule has 0 aliphatic carbocycles. The van der Waals surface area contributed by atoms with E-state index in [-0.39, 0.29) is 11.5 Å². The van der Waals surface area contributed by atoms with E-state index in [0.29, 0.717) is 29.5 Å². The van der Waals surface area contributed by atoms with Gasteiger partial charge in [0.2, 0.25) is 10.0 Å². The van der Waals surface area contributed by atoms with Crippen molar-refractivity contribution < 1.29 is 17.9 Å². The van der Waals surface area contributed by atoms with Crippen LogP contribution in [-0.4, -0.2) is 38.3 Å². The predicted octanol–water partition coefficient (Wildman–Crippen LogP) is 3.45. The number of nitrogens with one attached hydrogen (secondary N) is 1. The highest BCUT2D eigenvalue weighted by Gasteiger charge is 2.27.